The second-order valence-corrected chi connectivity index (χ2v) is 6.42. The van der Waals surface area contributed by atoms with Gasteiger partial charge in [0.1, 0.15) is 13.2 Å². The zero-order valence-corrected chi connectivity index (χ0v) is 15.5. The van der Waals surface area contributed by atoms with Gasteiger partial charge in [0.25, 0.3) is 0 Å². The second kappa shape index (κ2) is 9.41. The van der Waals surface area contributed by atoms with Crippen molar-refractivity contribution in [1.82, 2.24) is 15.6 Å². The Balaban J connectivity index is 1.49. The van der Waals surface area contributed by atoms with Gasteiger partial charge < -0.3 is 30.3 Å². The van der Waals surface area contributed by atoms with Gasteiger partial charge in [-0.25, -0.2) is 4.79 Å². The Hall–Kier alpha value is -3.81. The summed E-state index contributed by atoms with van der Waals surface area (Å²) in [5, 5.41) is 17.0. The van der Waals surface area contributed by atoms with Crippen LogP contribution in [0.25, 0.3) is 10.9 Å². The molecule has 0 spiro atoms. The molecule has 0 saturated carbocycles. The number of aliphatic carboxylic acids is 1. The van der Waals surface area contributed by atoms with Crippen LogP contribution in [0.4, 0.5) is 4.79 Å². The van der Waals surface area contributed by atoms with E-state index >= 15 is 0 Å². The number of H-pyrrole nitrogens is 1. The van der Waals surface area contributed by atoms with E-state index in [4.69, 9.17) is 4.74 Å². The molecule has 3 N–H and O–H groups in total. The predicted octanol–water partition coefficient (Wildman–Crippen LogP) is 0.871. The maximum atomic E-state index is 12.0. The number of fused-ring (bicyclic) bond motifs is 1. The number of carboxylic acids is 1. The molecule has 2 amide bonds. The first-order valence-electron chi connectivity index (χ1n) is 9.02. The average molecular weight is 394 g/mol. The zero-order valence-electron chi connectivity index (χ0n) is 15.5. The number of aromatic nitrogens is 1. The normalized spacial score (nSPS) is 11.6. The van der Waals surface area contributed by atoms with Crippen LogP contribution in [0.1, 0.15) is 11.1 Å². The fraction of sp³-hybridized carbons (Fsp3) is 0.190. The molecule has 0 unspecified atom stereocenters. The maximum absolute atomic E-state index is 12.0. The van der Waals surface area contributed by atoms with Crippen molar-refractivity contribution in [2.24, 2.45) is 0 Å². The van der Waals surface area contributed by atoms with Crippen molar-refractivity contribution in [1.29, 1.82) is 0 Å². The second-order valence-electron chi connectivity index (χ2n) is 6.42. The molecule has 8 nitrogen and oxygen atoms in total. The van der Waals surface area contributed by atoms with Crippen LogP contribution in [0.5, 0.6) is 0 Å². The van der Waals surface area contributed by atoms with Gasteiger partial charge in [-0.2, -0.15) is 0 Å². The van der Waals surface area contributed by atoms with E-state index in [0.29, 0.717) is 0 Å². The first-order valence-corrected chi connectivity index (χ1v) is 9.02. The van der Waals surface area contributed by atoms with Gasteiger partial charge in [-0.1, -0.05) is 48.5 Å². The highest BCUT2D eigenvalue weighted by atomic mass is 16.5. The summed E-state index contributed by atoms with van der Waals surface area (Å²) in [6.45, 7) is -0.345. The van der Waals surface area contributed by atoms with E-state index < -0.39 is 30.6 Å². The van der Waals surface area contributed by atoms with Gasteiger partial charge in [-0.05, 0) is 17.2 Å². The lowest BCUT2D eigenvalue weighted by molar-refractivity contribution is -0.308. The highest BCUT2D eigenvalue weighted by Gasteiger charge is 2.17. The van der Waals surface area contributed by atoms with Crippen LogP contribution >= 0.6 is 0 Å². The van der Waals surface area contributed by atoms with Gasteiger partial charge in [0.15, 0.2) is 0 Å². The van der Waals surface area contributed by atoms with Crippen LogP contribution in [-0.2, 0) is 27.4 Å². The van der Waals surface area contributed by atoms with E-state index in [-0.39, 0.29) is 13.0 Å². The molecule has 1 heterocycles. The molecule has 0 aliphatic rings. The number of ether oxygens (including phenoxy) is 1. The molecule has 1 aromatic heterocycles. The Morgan fingerprint density at radius 3 is 2.52 bits per heavy atom. The summed E-state index contributed by atoms with van der Waals surface area (Å²) >= 11 is 0. The van der Waals surface area contributed by atoms with Crippen molar-refractivity contribution in [3.05, 3.63) is 71.9 Å². The summed E-state index contributed by atoms with van der Waals surface area (Å²) in [6.07, 6.45) is 0.980. The van der Waals surface area contributed by atoms with E-state index in [1.807, 2.05) is 42.5 Å². The van der Waals surface area contributed by atoms with Crippen molar-refractivity contribution in [3.8, 4) is 0 Å². The average Bonchev–Trinajstić information content (AvgIpc) is 3.14. The molecule has 8 heteroatoms. The number of carbonyl (C=O) groups excluding carboxylic acids is 3. The summed E-state index contributed by atoms with van der Waals surface area (Å²) in [5.41, 5.74) is 2.42. The maximum Gasteiger partial charge on any atom is 0.407 e. The molecule has 1 atom stereocenters. The summed E-state index contributed by atoms with van der Waals surface area (Å²) in [7, 11) is 0. The van der Waals surface area contributed by atoms with Crippen LogP contribution in [-0.4, -0.2) is 35.5 Å². The molecule has 0 saturated heterocycles. The van der Waals surface area contributed by atoms with Gasteiger partial charge in [0.2, 0.25) is 5.91 Å². The monoisotopic (exact) mass is 394 g/mol. The topological polar surface area (TPSA) is 123 Å². The minimum atomic E-state index is -1.41. The molecular weight excluding hydrogens is 374 g/mol. The van der Waals surface area contributed by atoms with Crippen molar-refractivity contribution < 1.29 is 24.2 Å². The van der Waals surface area contributed by atoms with Gasteiger partial charge in [-0.3, -0.25) is 4.79 Å². The molecule has 0 radical (unpaired) electrons. The number of rotatable bonds is 8. The molecular formula is C21H20N3O5-. The van der Waals surface area contributed by atoms with E-state index in [1.54, 1.807) is 18.3 Å². The van der Waals surface area contributed by atoms with Gasteiger partial charge in [0.05, 0.1) is 12.0 Å². The fourth-order valence-corrected chi connectivity index (χ4v) is 2.89. The SMILES string of the molecule is O=C(CNC(=O)OCc1ccccc1)N[C@@H](Cc1c[nH]c2ccccc12)C(=O)[O-]. The third-order valence-corrected chi connectivity index (χ3v) is 4.32. The Morgan fingerprint density at radius 2 is 1.76 bits per heavy atom. The number of hydrogen-bond acceptors (Lipinski definition) is 5. The Labute approximate surface area is 166 Å². The van der Waals surface area contributed by atoms with Crippen LogP contribution in [0.2, 0.25) is 0 Å². The summed E-state index contributed by atoms with van der Waals surface area (Å²) in [4.78, 5) is 38.2. The summed E-state index contributed by atoms with van der Waals surface area (Å²) in [5.74, 6) is -2.06. The van der Waals surface area contributed by atoms with Gasteiger partial charge in [0, 0.05) is 23.5 Å². The minimum absolute atomic E-state index is 0.0521. The molecule has 0 fully saturated rings. The van der Waals surface area contributed by atoms with Crippen molar-refractivity contribution in [2.75, 3.05) is 6.54 Å². The first-order chi connectivity index (χ1) is 14.0. The third-order valence-electron chi connectivity index (χ3n) is 4.32. The van der Waals surface area contributed by atoms with Crippen LogP contribution in [0.3, 0.4) is 0 Å². The number of benzene rings is 2. The lowest BCUT2D eigenvalue weighted by atomic mass is 10.1. The van der Waals surface area contributed by atoms with Crippen LogP contribution in [0, 0.1) is 0 Å². The molecule has 29 heavy (non-hydrogen) atoms. The van der Waals surface area contributed by atoms with Crippen LogP contribution < -0.4 is 15.7 Å². The number of nitrogens with one attached hydrogen (secondary N) is 3. The van der Waals surface area contributed by atoms with Gasteiger partial charge in [-0.15, -0.1) is 0 Å². The van der Waals surface area contributed by atoms with E-state index in [1.165, 1.54) is 0 Å². The predicted molar refractivity (Wildman–Crippen MR) is 104 cm³/mol. The number of hydrogen-bond donors (Lipinski definition) is 3. The number of carbonyl (C=O) groups is 3. The van der Waals surface area contributed by atoms with Crippen molar-refractivity contribution >= 4 is 28.9 Å². The third kappa shape index (κ3) is 5.58. The fourth-order valence-electron chi connectivity index (χ4n) is 2.89. The first kappa shape index (κ1) is 19.9. The Kier molecular flexibility index (Phi) is 6.47. The van der Waals surface area contributed by atoms with Gasteiger partial charge >= 0.3 is 6.09 Å². The van der Waals surface area contributed by atoms with E-state index in [9.17, 15) is 19.5 Å². The van der Waals surface area contributed by atoms with Crippen molar-refractivity contribution in [2.45, 2.75) is 19.1 Å². The Bertz CT molecular complexity index is 1000. The highest BCUT2D eigenvalue weighted by molar-refractivity contribution is 5.87. The number of para-hydroxylation sites is 1. The van der Waals surface area contributed by atoms with E-state index in [0.717, 1.165) is 22.0 Å². The van der Waals surface area contributed by atoms with E-state index in [2.05, 4.69) is 15.6 Å². The number of carboxylic acid groups (broad SMARTS) is 1. The number of alkyl carbamates (subject to hydrolysis) is 1. The number of aromatic amines is 1. The molecule has 150 valence electrons. The summed E-state index contributed by atoms with van der Waals surface area (Å²) in [6, 6.07) is 15.3. The molecule has 3 aromatic rings. The highest BCUT2D eigenvalue weighted by Crippen LogP contribution is 2.19. The minimum Gasteiger partial charge on any atom is -0.548 e. The quantitative estimate of drug-likeness (QED) is 0.523. The Morgan fingerprint density at radius 1 is 1.03 bits per heavy atom. The molecule has 0 bridgehead atoms. The molecule has 2 aromatic carbocycles. The molecule has 3 rings (SSSR count). The molecule has 0 aliphatic carbocycles. The zero-order chi connectivity index (χ0) is 20.6. The lowest BCUT2D eigenvalue weighted by Crippen LogP contribution is -2.51. The lowest BCUT2D eigenvalue weighted by Gasteiger charge is -2.19. The standard InChI is InChI=1S/C21H21N3O5/c25-19(12-23-21(28)29-13-14-6-2-1-3-7-14)24-18(20(26)27)10-15-11-22-17-9-5-4-8-16(15)17/h1-9,11,18,22H,10,12-13H2,(H,23,28)(H,24,25)(H,26,27)/p-1/t18-/m0/s1. The van der Waals surface area contributed by atoms with Crippen molar-refractivity contribution in [3.63, 3.8) is 0 Å². The largest absolute Gasteiger partial charge is 0.548 e. The number of amides is 2. The smallest absolute Gasteiger partial charge is 0.407 e. The van der Waals surface area contributed by atoms with Crippen LogP contribution in [0.15, 0.2) is 60.8 Å². The molecule has 0 aliphatic heterocycles. The summed E-state index contributed by atoms with van der Waals surface area (Å²) < 4.78 is 5.00.